The zero-order valence-electron chi connectivity index (χ0n) is 10.1. The molecule has 5 nitrogen and oxygen atoms in total. The van der Waals surface area contributed by atoms with Crippen LogP contribution in [-0.4, -0.2) is 17.0 Å². The number of pyridine rings is 1. The Labute approximate surface area is 105 Å². The summed E-state index contributed by atoms with van der Waals surface area (Å²) in [6, 6.07) is 7.09. The highest BCUT2D eigenvalue weighted by atomic mass is 16.5. The minimum Gasteiger partial charge on any atom is -0.478 e. The van der Waals surface area contributed by atoms with Gasteiger partial charge in [-0.05, 0) is 30.7 Å². The van der Waals surface area contributed by atoms with E-state index in [2.05, 4.69) is 4.98 Å². The Morgan fingerprint density at radius 2 is 2.22 bits per heavy atom. The summed E-state index contributed by atoms with van der Waals surface area (Å²) in [6.45, 7) is 1.84. The molecular weight excluding hydrogens is 230 g/mol. The maximum absolute atomic E-state index is 11.2. The van der Waals surface area contributed by atoms with Crippen molar-refractivity contribution in [2.45, 2.75) is 19.4 Å². The van der Waals surface area contributed by atoms with E-state index < -0.39 is 12.0 Å². The van der Waals surface area contributed by atoms with Crippen LogP contribution in [0.2, 0.25) is 0 Å². The summed E-state index contributed by atoms with van der Waals surface area (Å²) >= 11 is 0. The normalized spacial score (nSPS) is 12.3. The smallest absolute Gasteiger partial charge is 0.258 e. The second kappa shape index (κ2) is 4.91. The molecule has 1 heterocycles. The van der Waals surface area contributed by atoms with E-state index in [4.69, 9.17) is 16.2 Å². The SMILES string of the molecule is CCC(Oc1ccc(N)c2cccnc12)C(N)=O. The highest BCUT2D eigenvalue weighted by molar-refractivity contribution is 5.94. The van der Waals surface area contributed by atoms with Crippen molar-refractivity contribution in [1.82, 2.24) is 4.98 Å². The van der Waals surface area contributed by atoms with E-state index in [9.17, 15) is 4.79 Å². The lowest BCUT2D eigenvalue weighted by atomic mass is 10.1. The van der Waals surface area contributed by atoms with Gasteiger partial charge in [0.1, 0.15) is 11.3 Å². The van der Waals surface area contributed by atoms with Gasteiger partial charge in [0.2, 0.25) is 0 Å². The predicted octanol–water partition coefficient (Wildman–Crippen LogP) is 1.46. The van der Waals surface area contributed by atoms with Gasteiger partial charge in [-0.15, -0.1) is 0 Å². The topological polar surface area (TPSA) is 91.2 Å². The molecule has 1 unspecified atom stereocenters. The summed E-state index contributed by atoms with van der Waals surface area (Å²) in [7, 11) is 0. The van der Waals surface area contributed by atoms with Gasteiger partial charge in [0.15, 0.2) is 6.10 Å². The number of hydrogen-bond acceptors (Lipinski definition) is 4. The molecule has 2 rings (SSSR count). The Kier molecular flexibility index (Phi) is 3.32. The van der Waals surface area contributed by atoms with Crippen LogP contribution in [0.3, 0.4) is 0 Å². The van der Waals surface area contributed by atoms with Crippen LogP contribution in [0.1, 0.15) is 13.3 Å². The summed E-state index contributed by atoms with van der Waals surface area (Å²) in [5, 5.41) is 0.800. The maximum Gasteiger partial charge on any atom is 0.258 e. The number of ether oxygens (including phenoxy) is 1. The lowest BCUT2D eigenvalue weighted by molar-refractivity contribution is -0.124. The molecule has 0 aliphatic carbocycles. The maximum atomic E-state index is 11.2. The first-order valence-electron chi connectivity index (χ1n) is 5.72. The second-order valence-corrected chi connectivity index (χ2v) is 3.97. The number of carbonyl (C=O) groups is 1. The van der Waals surface area contributed by atoms with Gasteiger partial charge in [0, 0.05) is 17.3 Å². The summed E-state index contributed by atoms with van der Waals surface area (Å²) in [6.07, 6.45) is 1.51. The number of primary amides is 1. The second-order valence-electron chi connectivity index (χ2n) is 3.97. The molecule has 4 N–H and O–H groups in total. The molecule has 94 valence electrons. The van der Waals surface area contributed by atoms with Gasteiger partial charge < -0.3 is 16.2 Å². The number of amides is 1. The van der Waals surface area contributed by atoms with Crippen LogP contribution >= 0.6 is 0 Å². The zero-order chi connectivity index (χ0) is 13.1. The van der Waals surface area contributed by atoms with Crippen LogP contribution < -0.4 is 16.2 Å². The average Bonchev–Trinajstić information content (AvgIpc) is 2.38. The van der Waals surface area contributed by atoms with Gasteiger partial charge in [-0.2, -0.15) is 0 Å². The average molecular weight is 245 g/mol. The van der Waals surface area contributed by atoms with E-state index >= 15 is 0 Å². The molecule has 0 aliphatic heterocycles. The van der Waals surface area contributed by atoms with Crippen LogP contribution in [0.15, 0.2) is 30.5 Å². The van der Waals surface area contributed by atoms with Crippen molar-refractivity contribution in [3.63, 3.8) is 0 Å². The Morgan fingerprint density at radius 3 is 2.89 bits per heavy atom. The Bertz CT molecular complexity index is 583. The van der Waals surface area contributed by atoms with Gasteiger partial charge in [-0.1, -0.05) is 6.92 Å². The Balaban J connectivity index is 2.45. The van der Waals surface area contributed by atoms with E-state index in [-0.39, 0.29) is 0 Å². The first-order chi connectivity index (χ1) is 8.63. The Hall–Kier alpha value is -2.30. The van der Waals surface area contributed by atoms with E-state index in [1.807, 2.05) is 13.0 Å². The lowest BCUT2D eigenvalue weighted by Crippen LogP contribution is -2.33. The third kappa shape index (κ3) is 2.20. The minimum absolute atomic E-state index is 0.488. The van der Waals surface area contributed by atoms with Crippen molar-refractivity contribution in [3.05, 3.63) is 30.5 Å². The number of nitrogen functional groups attached to an aromatic ring is 1. The molecule has 1 amide bonds. The molecule has 0 saturated carbocycles. The number of benzene rings is 1. The number of nitrogens with two attached hydrogens (primary N) is 2. The molecule has 2 aromatic rings. The van der Waals surface area contributed by atoms with Crippen LogP contribution in [0.4, 0.5) is 5.69 Å². The number of carbonyl (C=O) groups excluding carboxylic acids is 1. The van der Waals surface area contributed by atoms with Crippen molar-refractivity contribution in [2.24, 2.45) is 5.73 Å². The number of fused-ring (bicyclic) bond motifs is 1. The number of hydrogen-bond donors (Lipinski definition) is 2. The molecule has 0 bridgehead atoms. The van der Waals surface area contributed by atoms with Gasteiger partial charge in [0.05, 0.1) is 0 Å². The van der Waals surface area contributed by atoms with Crippen molar-refractivity contribution < 1.29 is 9.53 Å². The van der Waals surface area contributed by atoms with E-state index in [1.54, 1.807) is 24.4 Å². The van der Waals surface area contributed by atoms with Crippen LogP contribution in [0, 0.1) is 0 Å². The van der Waals surface area contributed by atoms with Crippen molar-refractivity contribution in [2.75, 3.05) is 5.73 Å². The molecule has 0 radical (unpaired) electrons. The third-order valence-corrected chi connectivity index (χ3v) is 2.72. The summed E-state index contributed by atoms with van der Waals surface area (Å²) in [4.78, 5) is 15.4. The van der Waals surface area contributed by atoms with E-state index in [1.165, 1.54) is 0 Å². The molecule has 1 atom stereocenters. The quantitative estimate of drug-likeness (QED) is 0.798. The number of anilines is 1. The third-order valence-electron chi connectivity index (χ3n) is 2.72. The molecule has 0 saturated heterocycles. The van der Waals surface area contributed by atoms with Crippen molar-refractivity contribution in [3.8, 4) is 5.75 Å². The minimum atomic E-state index is -0.654. The molecule has 18 heavy (non-hydrogen) atoms. The zero-order valence-corrected chi connectivity index (χ0v) is 10.1. The molecule has 0 aliphatic rings. The number of aromatic nitrogens is 1. The van der Waals surface area contributed by atoms with Gasteiger partial charge in [-0.25, -0.2) is 0 Å². The largest absolute Gasteiger partial charge is 0.478 e. The summed E-state index contributed by atoms with van der Waals surface area (Å²) in [5.74, 6) is 0.0313. The van der Waals surface area contributed by atoms with Crippen LogP contribution in [0.5, 0.6) is 5.75 Å². The highest BCUT2D eigenvalue weighted by Gasteiger charge is 2.16. The van der Waals surface area contributed by atoms with Crippen LogP contribution in [0.25, 0.3) is 10.9 Å². The first kappa shape index (κ1) is 12.2. The fraction of sp³-hybridized carbons (Fsp3) is 0.231. The monoisotopic (exact) mass is 245 g/mol. The molecule has 0 spiro atoms. The molecular formula is C13H15N3O2. The van der Waals surface area contributed by atoms with Gasteiger partial charge in [0.25, 0.3) is 5.91 Å². The fourth-order valence-corrected chi connectivity index (χ4v) is 1.76. The summed E-state index contributed by atoms with van der Waals surface area (Å²) in [5.41, 5.74) is 12.4. The van der Waals surface area contributed by atoms with E-state index in [0.717, 1.165) is 5.39 Å². The van der Waals surface area contributed by atoms with Crippen molar-refractivity contribution in [1.29, 1.82) is 0 Å². The molecule has 1 aromatic carbocycles. The number of rotatable bonds is 4. The highest BCUT2D eigenvalue weighted by Crippen LogP contribution is 2.28. The predicted molar refractivity (Wildman–Crippen MR) is 70.1 cm³/mol. The standard InChI is InChI=1S/C13H15N3O2/c1-2-10(13(15)17)18-11-6-5-9(14)8-4-3-7-16-12(8)11/h3-7,10H,2,14H2,1H3,(H2,15,17). The number of nitrogens with zero attached hydrogens (tertiary/aromatic N) is 1. The van der Waals surface area contributed by atoms with Gasteiger partial charge in [-0.3, -0.25) is 9.78 Å². The summed E-state index contributed by atoms with van der Waals surface area (Å²) < 4.78 is 5.60. The molecule has 1 aromatic heterocycles. The Morgan fingerprint density at radius 1 is 1.44 bits per heavy atom. The van der Waals surface area contributed by atoms with Gasteiger partial charge >= 0.3 is 0 Å². The van der Waals surface area contributed by atoms with E-state index in [0.29, 0.717) is 23.4 Å². The van der Waals surface area contributed by atoms with Crippen LogP contribution in [-0.2, 0) is 4.79 Å². The molecule has 0 fully saturated rings. The lowest BCUT2D eigenvalue weighted by Gasteiger charge is -2.15. The molecule has 5 heteroatoms. The van der Waals surface area contributed by atoms with Crippen molar-refractivity contribution >= 4 is 22.5 Å². The fourth-order valence-electron chi connectivity index (χ4n) is 1.76. The first-order valence-corrected chi connectivity index (χ1v) is 5.72.